The Bertz CT molecular complexity index is 443. The average molecular weight is 342 g/mol. The second-order valence-electron chi connectivity index (χ2n) is 6.24. The SMILES string of the molecule is CCC(O)[C@@H]1CC=CC=C1[C@@H](O)OCC(COC(=O)C(C)C)OC. The lowest BCUT2D eigenvalue weighted by molar-refractivity contribution is -0.156. The van der Waals surface area contributed by atoms with Gasteiger partial charge in [0.05, 0.1) is 18.6 Å². The van der Waals surface area contributed by atoms with Gasteiger partial charge in [0.2, 0.25) is 0 Å². The Labute approximate surface area is 144 Å². The zero-order valence-electron chi connectivity index (χ0n) is 15.0. The fourth-order valence-electron chi connectivity index (χ4n) is 2.41. The maximum Gasteiger partial charge on any atom is 0.308 e. The number of carbonyl (C=O) groups excluding carboxylic acids is 1. The molecule has 6 heteroatoms. The molecule has 4 atom stereocenters. The van der Waals surface area contributed by atoms with Gasteiger partial charge in [0.15, 0.2) is 6.29 Å². The fraction of sp³-hybridized carbons (Fsp3) is 0.722. The van der Waals surface area contributed by atoms with Crippen molar-refractivity contribution < 1.29 is 29.2 Å². The van der Waals surface area contributed by atoms with Crippen LogP contribution in [0.4, 0.5) is 0 Å². The predicted octanol–water partition coefficient (Wildman–Crippen LogP) is 1.81. The van der Waals surface area contributed by atoms with Crippen molar-refractivity contribution in [3.63, 3.8) is 0 Å². The third-order valence-electron chi connectivity index (χ3n) is 4.07. The first-order valence-corrected chi connectivity index (χ1v) is 8.44. The van der Waals surface area contributed by atoms with Crippen molar-refractivity contribution in [2.75, 3.05) is 20.3 Å². The van der Waals surface area contributed by atoms with Crippen molar-refractivity contribution in [2.45, 2.75) is 52.1 Å². The van der Waals surface area contributed by atoms with Crippen molar-refractivity contribution in [1.82, 2.24) is 0 Å². The molecular formula is C18H30O6. The monoisotopic (exact) mass is 342 g/mol. The second kappa shape index (κ2) is 10.6. The van der Waals surface area contributed by atoms with Gasteiger partial charge in [0.25, 0.3) is 0 Å². The summed E-state index contributed by atoms with van der Waals surface area (Å²) in [5.41, 5.74) is 0.654. The van der Waals surface area contributed by atoms with Crippen LogP contribution in [0.5, 0.6) is 0 Å². The van der Waals surface area contributed by atoms with Crippen LogP contribution in [-0.4, -0.2) is 55.0 Å². The molecule has 24 heavy (non-hydrogen) atoms. The maximum absolute atomic E-state index is 11.5. The fourth-order valence-corrected chi connectivity index (χ4v) is 2.41. The highest BCUT2D eigenvalue weighted by atomic mass is 16.6. The number of rotatable bonds is 10. The Kier molecular flexibility index (Phi) is 9.21. The van der Waals surface area contributed by atoms with Gasteiger partial charge in [-0.1, -0.05) is 39.0 Å². The number of hydrogen-bond acceptors (Lipinski definition) is 6. The summed E-state index contributed by atoms with van der Waals surface area (Å²) in [6.45, 7) is 5.57. The zero-order chi connectivity index (χ0) is 18.1. The molecule has 6 nitrogen and oxygen atoms in total. The van der Waals surface area contributed by atoms with E-state index in [4.69, 9.17) is 14.2 Å². The molecule has 0 fully saturated rings. The Morgan fingerprint density at radius 1 is 1.33 bits per heavy atom. The van der Waals surface area contributed by atoms with E-state index in [1.807, 2.05) is 19.1 Å². The summed E-state index contributed by atoms with van der Waals surface area (Å²) in [5.74, 6) is -0.664. The molecule has 1 rings (SSSR count). The lowest BCUT2D eigenvalue weighted by Crippen LogP contribution is -2.33. The van der Waals surface area contributed by atoms with E-state index in [9.17, 15) is 15.0 Å². The van der Waals surface area contributed by atoms with Crippen molar-refractivity contribution in [2.24, 2.45) is 11.8 Å². The summed E-state index contributed by atoms with van der Waals surface area (Å²) in [6, 6.07) is 0. The first-order chi connectivity index (χ1) is 11.4. The first kappa shape index (κ1) is 20.8. The lowest BCUT2D eigenvalue weighted by atomic mass is 9.85. The van der Waals surface area contributed by atoms with Gasteiger partial charge in [-0.3, -0.25) is 4.79 Å². The lowest BCUT2D eigenvalue weighted by Gasteiger charge is -2.29. The van der Waals surface area contributed by atoms with E-state index in [2.05, 4.69) is 0 Å². The van der Waals surface area contributed by atoms with E-state index < -0.39 is 18.5 Å². The van der Waals surface area contributed by atoms with Crippen LogP contribution in [0, 0.1) is 11.8 Å². The van der Waals surface area contributed by atoms with Crippen LogP contribution < -0.4 is 0 Å². The summed E-state index contributed by atoms with van der Waals surface area (Å²) < 4.78 is 15.8. The summed E-state index contributed by atoms with van der Waals surface area (Å²) in [6.07, 6.45) is 4.75. The van der Waals surface area contributed by atoms with Crippen molar-refractivity contribution in [3.8, 4) is 0 Å². The minimum atomic E-state index is -1.13. The Hall–Kier alpha value is -1.21. The molecule has 2 unspecified atom stereocenters. The van der Waals surface area contributed by atoms with Gasteiger partial charge in [-0.2, -0.15) is 0 Å². The molecule has 0 bridgehead atoms. The van der Waals surface area contributed by atoms with Crippen molar-refractivity contribution in [1.29, 1.82) is 0 Å². The van der Waals surface area contributed by atoms with Crippen molar-refractivity contribution in [3.05, 3.63) is 23.8 Å². The quantitative estimate of drug-likeness (QED) is 0.465. The normalized spacial score (nSPS) is 21.3. The molecule has 0 saturated carbocycles. The molecule has 0 spiro atoms. The van der Waals surface area contributed by atoms with Crippen LogP contribution in [0.2, 0.25) is 0 Å². The van der Waals surface area contributed by atoms with E-state index in [0.29, 0.717) is 18.4 Å². The highest BCUT2D eigenvalue weighted by Crippen LogP contribution is 2.28. The standard InChI is InChI=1S/C18H30O6/c1-5-16(19)14-8-6-7-9-15(14)18(21)24-11-13(22-4)10-23-17(20)12(2)3/h6-7,9,12-14,16,18-19,21H,5,8,10-11H2,1-4H3/t13?,14-,16?,18+/m1/s1. The van der Waals surface area contributed by atoms with Crippen LogP contribution in [0.15, 0.2) is 23.8 Å². The van der Waals surface area contributed by atoms with Crippen LogP contribution in [0.1, 0.15) is 33.6 Å². The predicted molar refractivity (Wildman–Crippen MR) is 90.2 cm³/mol. The summed E-state index contributed by atoms with van der Waals surface area (Å²) in [4.78, 5) is 11.5. The zero-order valence-corrected chi connectivity index (χ0v) is 15.0. The van der Waals surface area contributed by atoms with E-state index >= 15 is 0 Å². The smallest absolute Gasteiger partial charge is 0.308 e. The molecule has 0 radical (unpaired) electrons. The van der Waals surface area contributed by atoms with Gasteiger partial charge in [-0.25, -0.2) is 0 Å². The number of aliphatic hydroxyl groups is 2. The van der Waals surface area contributed by atoms with Gasteiger partial charge in [-0.05, 0) is 18.4 Å². The van der Waals surface area contributed by atoms with Crippen LogP contribution in [-0.2, 0) is 19.0 Å². The number of allylic oxidation sites excluding steroid dienone is 3. The highest BCUT2D eigenvalue weighted by molar-refractivity contribution is 5.71. The molecule has 138 valence electrons. The van der Waals surface area contributed by atoms with Gasteiger partial charge in [0.1, 0.15) is 12.7 Å². The molecule has 0 aromatic rings. The molecule has 1 aliphatic carbocycles. The highest BCUT2D eigenvalue weighted by Gasteiger charge is 2.28. The minimum absolute atomic E-state index is 0.0696. The number of esters is 1. The van der Waals surface area contributed by atoms with Crippen LogP contribution in [0.25, 0.3) is 0 Å². The number of methoxy groups -OCH3 is 1. The van der Waals surface area contributed by atoms with Gasteiger partial charge >= 0.3 is 5.97 Å². The minimum Gasteiger partial charge on any atom is -0.463 e. The van der Waals surface area contributed by atoms with Crippen LogP contribution >= 0.6 is 0 Å². The Morgan fingerprint density at radius 3 is 2.62 bits per heavy atom. The average Bonchev–Trinajstić information content (AvgIpc) is 2.60. The van der Waals surface area contributed by atoms with Crippen LogP contribution in [0.3, 0.4) is 0 Å². The molecular weight excluding hydrogens is 312 g/mol. The molecule has 0 aromatic carbocycles. The third kappa shape index (κ3) is 6.36. The van der Waals surface area contributed by atoms with Crippen molar-refractivity contribution >= 4 is 5.97 Å². The molecule has 0 amide bonds. The molecule has 0 aliphatic heterocycles. The van der Waals surface area contributed by atoms with E-state index in [-0.39, 0.29) is 31.0 Å². The van der Waals surface area contributed by atoms with E-state index in [0.717, 1.165) is 0 Å². The summed E-state index contributed by atoms with van der Waals surface area (Å²) in [7, 11) is 1.50. The number of hydrogen-bond donors (Lipinski definition) is 2. The molecule has 0 aromatic heterocycles. The second-order valence-corrected chi connectivity index (χ2v) is 6.24. The molecule has 0 saturated heterocycles. The Balaban J connectivity index is 2.53. The van der Waals surface area contributed by atoms with Gasteiger partial charge in [-0.15, -0.1) is 0 Å². The molecule has 0 heterocycles. The summed E-state index contributed by atoms with van der Waals surface area (Å²) in [5, 5.41) is 20.4. The topological polar surface area (TPSA) is 85.2 Å². The first-order valence-electron chi connectivity index (χ1n) is 8.44. The van der Waals surface area contributed by atoms with E-state index in [1.54, 1.807) is 19.9 Å². The molecule has 2 N–H and O–H groups in total. The Morgan fingerprint density at radius 2 is 2.04 bits per heavy atom. The maximum atomic E-state index is 11.5. The number of ether oxygens (including phenoxy) is 3. The number of aliphatic hydroxyl groups excluding tert-OH is 2. The summed E-state index contributed by atoms with van der Waals surface area (Å²) >= 11 is 0. The number of carbonyl (C=O) groups is 1. The van der Waals surface area contributed by atoms with Gasteiger partial charge in [0, 0.05) is 13.0 Å². The third-order valence-corrected chi connectivity index (χ3v) is 4.07. The van der Waals surface area contributed by atoms with E-state index in [1.165, 1.54) is 7.11 Å². The largest absolute Gasteiger partial charge is 0.463 e. The molecule has 1 aliphatic rings. The van der Waals surface area contributed by atoms with Gasteiger partial charge < -0.3 is 24.4 Å².